The van der Waals surface area contributed by atoms with Crippen LogP contribution < -0.4 is 15.0 Å². The van der Waals surface area contributed by atoms with Gasteiger partial charge in [0.15, 0.2) is 6.61 Å². The Bertz CT molecular complexity index is 1010. The Morgan fingerprint density at radius 2 is 1.79 bits per heavy atom. The lowest BCUT2D eigenvalue weighted by Gasteiger charge is -2.35. The van der Waals surface area contributed by atoms with E-state index in [2.05, 4.69) is 22.2 Å². The lowest BCUT2D eigenvalue weighted by Crippen LogP contribution is -2.44. The van der Waals surface area contributed by atoms with Crippen molar-refractivity contribution >= 4 is 39.7 Å². The number of halogens is 1. The number of carbonyl (C=O) groups is 1. The number of fused-ring (bicyclic) bond motifs is 1. The second kappa shape index (κ2) is 8.72. The standard InChI is InChI=1S/C23H24ClN3O2/c1-26-11-13-27(14-12-26)21-10-9-18(24)15-20(21)25-23(28)16-29-22-8-4-6-17-5-2-3-7-19(17)22/h2-10,15H,11-14,16H2,1H3,(H,25,28). The summed E-state index contributed by atoms with van der Waals surface area (Å²) >= 11 is 6.19. The molecule has 0 unspecified atom stereocenters. The highest BCUT2D eigenvalue weighted by molar-refractivity contribution is 6.31. The fourth-order valence-corrected chi connectivity index (χ4v) is 3.75. The molecule has 1 aliphatic heterocycles. The Kier molecular flexibility index (Phi) is 5.88. The van der Waals surface area contributed by atoms with Crippen molar-refractivity contribution in [2.24, 2.45) is 0 Å². The summed E-state index contributed by atoms with van der Waals surface area (Å²) in [5.74, 6) is 0.485. The zero-order valence-corrected chi connectivity index (χ0v) is 17.2. The molecular formula is C23H24ClN3O2. The molecule has 29 heavy (non-hydrogen) atoms. The van der Waals surface area contributed by atoms with E-state index >= 15 is 0 Å². The van der Waals surface area contributed by atoms with Crippen LogP contribution in [-0.4, -0.2) is 50.6 Å². The molecule has 3 aromatic carbocycles. The number of hydrogen-bond acceptors (Lipinski definition) is 4. The van der Waals surface area contributed by atoms with E-state index in [4.69, 9.17) is 16.3 Å². The fourth-order valence-electron chi connectivity index (χ4n) is 3.58. The van der Waals surface area contributed by atoms with E-state index in [0.717, 1.165) is 42.6 Å². The molecule has 1 N–H and O–H groups in total. The van der Waals surface area contributed by atoms with E-state index in [-0.39, 0.29) is 12.5 Å². The van der Waals surface area contributed by atoms with Crippen LogP contribution in [0.4, 0.5) is 11.4 Å². The maximum absolute atomic E-state index is 12.6. The van der Waals surface area contributed by atoms with Gasteiger partial charge in [0.1, 0.15) is 5.75 Å². The third kappa shape index (κ3) is 4.63. The number of nitrogens with zero attached hydrogens (tertiary/aromatic N) is 2. The predicted octanol–water partition coefficient (Wildman–Crippen LogP) is 4.26. The summed E-state index contributed by atoms with van der Waals surface area (Å²) in [6.07, 6.45) is 0. The SMILES string of the molecule is CN1CCN(c2ccc(Cl)cc2NC(=O)COc2cccc3ccccc23)CC1. The molecule has 0 spiro atoms. The molecular weight excluding hydrogens is 386 g/mol. The minimum Gasteiger partial charge on any atom is -0.483 e. The highest BCUT2D eigenvalue weighted by Gasteiger charge is 2.18. The average Bonchev–Trinajstić information content (AvgIpc) is 2.73. The molecule has 0 radical (unpaired) electrons. The van der Waals surface area contributed by atoms with E-state index in [9.17, 15) is 4.79 Å². The Morgan fingerprint density at radius 1 is 1.03 bits per heavy atom. The van der Waals surface area contributed by atoms with Gasteiger partial charge in [0.25, 0.3) is 5.91 Å². The second-order valence-corrected chi connectivity index (χ2v) is 7.70. The van der Waals surface area contributed by atoms with E-state index in [1.807, 2.05) is 54.6 Å². The normalized spacial score (nSPS) is 14.8. The molecule has 1 amide bonds. The van der Waals surface area contributed by atoms with Crippen LogP contribution >= 0.6 is 11.6 Å². The number of ether oxygens (including phenoxy) is 1. The Labute approximate surface area is 175 Å². The number of piperazine rings is 1. The molecule has 4 rings (SSSR count). The van der Waals surface area contributed by atoms with Gasteiger partial charge in [-0.15, -0.1) is 0 Å². The zero-order chi connectivity index (χ0) is 20.2. The first kappa shape index (κ1) is 19.6. The van der Waals surface area contributed by atoms with Crippen molar-refractivity contribution in [2.45, 2.75) is 0 Å². The van der Waals surface area contributed by atoms with Crippen molar-refractivity contribution in [3.8, 4) is 5.75 Å². The Hall–Kier alpha value is -2.76. The summed E-state index contributed by atoms with van der Waals surface area (Å²) < 4.78 is 5.82. The molecule has 0 aromatic heterocycles. The van der Waals surface area contributed by atoms with Gasteiger partial charge in [0, 0.05) is 36.6 Å². The van der Waals surface area contributed by atoms with Gasteiger partial charge in [-0.2, -0.15) is 0 Å². The topological polar surface area (TPSA) is 44.8 Å². The molecule has 0 bridgehead atoms. The summed E-state index contributed by atoms with van der Waals surface area (Å²) in [4.78, 5) is 17.2. The summed E-state index contributed by atoms with van der Waals surface area (Å²) in [6, 6.07) is 19.4. The van der Waals surface area contributed by atoms with Gasteiger partial charge >= 0.3 is 0 Å². The van der Waals surface area contributed by atoms with E-state index in [0.29, 0.717) is 16.5 Å². The molecule has 6 heteroatoms. The summed E-state index contributed by atoms with van der Waals surface area (Å²) in [5, 5.41) is 5.64. The maximum Gasteiger partial charge on any atom is 0.262 e. The molecule has 150 valence electrons. The van der Waals surface area contributed by atoms with Crippen LogP contribution in [0.1, 0.15) is 0 Å². The lowest BCUT2D eigenvalue weighted by molar-refractivity contribution is -0.118. The molecule has 3 aromatic rings. The molecule has 1 fully saturated rings. The third-order valence-electron chi connectivity index (χ3n) is 5.19. The van der Waals surface area contributed by atoms with Crippen LogP contribution in [0, 0.1) is 0 Å². The first-order valence-electron chi connectivity index (χ1n) is 9.73. The van der Waals surface area contributed by atoms with E-state index < -0.39 is 0 Å². The van der Waals surface area contributed by atoms with Crippen LogP contribution in [0.15, 0.2) is 60.7 Å². The summed E-state index contributed by atoms with van der Waals surface area (Å²) in [5.41, 5.74) is 1.70. The molecule has 0 saturated carbocycles. The first-order chi connectivity index (χ1) is 14.1. The predicted molar refractivity (Wildman–Crippen MR) is 119 cm³/mol. The van der Waals surface area contributed by atoms with Gasteiger partial charge in [0.05, 0.1) is 11.4 Å². The second-order valence-electron chi connectivity index (χ2n) is 7.27. The van der Waals surface area contributed by atoms with Gasteiger partial charge in [-0.3, -0.25) is 4.79 Å². The molecule has 0 aliphatic carbocycles. The summed E-state index contributed by atoms with van der Waals surface area (Å²) in [6.45, 7) is 3.73. The highest BCUT2D eigenvalue weighted by atomic mass is 35.5. The highest BCUT2D eigenvalue weighted by Crippen LogP contribution is 2.30. The minimum atomic E-state index is -0.212. The van der Waals surface area contributed by atoms with Crippen LogP contribution in [0.25, 0.3) is 10.8 Å². The number of amides is 1. The first-order valence-corrected chi connectivity index (χ1v) is 10.1. The van der Waals surface area contributed by atoms with Gasteiger partial charge in [-0.05, 0) is 36.7 Å². The van der Waals surface area contributed by atoms with E-state index in [1.165, 1.54) is 0 Å². The monoisotopic (exact) mass is 409 g/mol. The number of carbonyl (C=O) groups excluding carboxylic acids is 1. The van der Waals surface area contributed by atoms with Crippen molar-refractivity contribution in [1.29, 1.82) is 0 Å². The van der Waals surface area contributed by atoms with Gasteiger partial charge < -0.3 is 19.9 Å². The van der Waals surface area contributed by atoms with E-state index in [1.54, 1.807) is 6.07 Å². The molecule has 1 aliphatic rings. The minimum absolute atomic E-state index is 0.0668. The molecule has 5 nitrogen and oxygen atoms in total. The quantitative estimate of drug-likeness (QED) is 0.683. The fraction of sp³-hybridized carbons (Fsp3) is 0.261. The van der Waals surface area contributed by atoms with Crippen molar-refractivity contribution in [3.05, 3.63) is 65.7 Å². The average molecular weight is 410 g/mol. The number of rotatable bonds is 5. The van der Waals surface area contributed by atoms with Gasteiger partial charge in [0.2, 0.25) is 0 Å². The van der Waals surface area contributed by atoms with Crippen LogP contribution in [0.3, 0.4) is 0 Å². The Balaban J connectivity index is 1.46. The number of likely N-dealkylation sites (N-methyl/N-ethyl adjacent to an activating group) is 1. The van der Waals surface area contributed by atoms with Crippen molar-refractivity contribution < 1.29 is 9.53 Å². The lowest BCUT2D eigenvalue weighted by atomic mass is 10.1. The zero-order valence-electron chi connectivity index (χ0n) is 16.4. The molecule has 1 saturated heterocycles. The Morgan fingerprint density at radius 3 is 2.62 bits per heavy atom. The number of hydrogen-bond donors (Lipinski definition) is 1. The number of benzene rings is 3. The molecule has 1 heterocycles. The van der Waals surface area contributed by atoms with Crippen molar-refractivity contribution in [2.75, 3.05) is 50.1 Å². The van der Waals surface area contributed by atoms with Crippen LogP contribution in [0.2, 0.25) is 5.02 Å². The van der Waals surface area contributed by atoms with Crippen LogP contribution in [-0.2, 0) is 4.79 Å². The number of anilines is 2. The third-order valence-corrected chi connectivity index (χ3v) is 5.42. The van der Waals surface area contributed by atoms with Crippen molar-refractivity contribution in [3.63, 3.8) is 0 Å². The smallest absolute Gasteiger partial charge is 0.262 e. The number of nitrogens with one attached hydrogen (secondary N) is 1. The maximum atomic E-state index is 12.6. The molecule has 0 atom stereocenters. The summed E-state index contributed by atoms with van der Waals surface area (Å²) in [7, 11) is 2.12. The van der Waals surface area contributed by atoms with Gasteiger partial charge in [-0.1, -0.05) is 48.0 Å². The van der Waals surface area contributed by atoms with Crippen molar-refractivity contribution in [1.82, 2.24) is 4.90 Å². The largest absolute Gasteiger partial charge is 0.483 e. The van der Waals surface area contributed by atoms with Crippen LogP contribution in [0.5, 0.6) is 5.75 Å². The van der Waals surface area contributed by atoms with Gasteiger partial charge in [-0.25, -0.2) is 0 Å².